The van der Waals surface area contributed by atoms with Crippen molar-refractivity contribution in [2.45, 2.75) is 18.8 Å². The summed E-state index contributed by atoms with van der Waals surface area (Å²) < 4.78 is 4.82. The van der Waals surface area contributed by atoms with Gasteiger partial charge in [-0.2, -0.15) is 0 Å². The SMILES string of the molecule is C1=CC2C(C3=Cc4c(c5ccccc5n4-c4nc(-c5ccc6ccccc6c5)c5ccccc5n4)CC3)=Cc3c(n(-c4ccccc4)c4ccccc34)C2C=C1. The van der Waals surface area contributed by atoms with E-state index >= 15 is 0 Å². The number of hydrogen-bond donors (Lipinski definition) is 0. The summed E-state index contributed by atoms with van der Waals surface area (Å²) in [6.45, 7) is 0. The molecule has 3 aliphatic rings. The summed E-state index contributed by atoms with van der Waals surface area (Å²) in [5.41, 5.74) is 14.6. The minimum absolute atomic E-state index is 0.212. The lowest BCUT2D eigenvalue weighted by Gasteiger charge is -2.34. The van der Waals surface area contributed by atoms with Crippen LogP contribution in [0.3, 0.4) is 0 Å². The highest BCUT2D eigenvalue weighted by Crippen LogP contribution is 2.50. The van der Waals surface area contributed by atoms with Crippen molar-refractivity contribution in [3.8, 4) is 22.9 Å². The average molecular weight is 717 g/mol. The molecule has 0 saturated carbocycles. The second kappa shape index (κ2) is 12.2. The van der Waals surface area contributed by atoms with Gasteiger partial charge >= 0.3 is 0 Å². The van der Waals surface area contributed by atoms with E-state index in [1.54, 1.807) is 0 Å². The number of para-hydroxylation sites is 4. The summed E-state index contributed by atoms with van der Waals surface area (Å²) >= 11 is 0. The van der Waals surface area contributed by atoms with Gasteiger partial charge in [0.25, 0.3) is 0 Å². The summed E-state index contributed by atoms with van der Waals surface area (Å²) in [5, 5.41) is 6.03. The molecule has 3 aliphatic carbocycles. The predicted octanol–water partition coefficient (Wildman–Crippen LogP) is 12.6. The Hall–Kier alpha value is -7.04. The summed E-state index contributed by atoms with van der Waals surface area (Å²) in [7, 11) is 0. The van der Waals surface area contributed by atoms with Crippen molar-refractivity contribution in [1.82, 2.24) is 19.1 Å². The lowest BCUT2D eigenvalue weighted by atomic mass is 9.71. The molecule has 0 amide bonds. The van der Waals surface area contributed by atoms with Crippen molar-refractivity contribution >= 4 is 55.6 Å². The van der Waals surface area contributed by atoms with Crippen LogP contribution in [0.15, 0.2) is 181 Å². The first-order valence-corrected chi connectivity index (χ1v) is 19.6. The van der Waals surface area contributed by atoms with Gasteiger partial charge in [-0.25, -0.2) is 9.97 Å². The molecule has 3 aromatic heterocycles. The van der Waals surface area contributed by atoms with Crippen LogP contribution in [-0.4, -0.2) is 19.1 Å². The van der Waals surface area contributed by atoms with Gasteiger partial charge in [0.2, 0.25) is 5.95 Å². The van der Waals surface area contributed by atoms with E-state index in [1.807, 2.05) is 0 Å². The highest BCUT2D eigenvalue weighted by molar-refractivity contribution is 5.98. The van der Waals surface area contributed by atoms with Crippen LogP contribution < -0.4 is 0 Å². The Kier molecular flexibility index (Phi) is 6.85. The maximum Gasteiger partial charge on any atom is 0.235 e. The number of nitrogens with zero attached hydrogens (tertiary/aromatic N) is 4. The Morgan fingerprint density at radius 3 is 2.09 bits per heavy atom. The van der Waals surface area contributed by atoms with E-state index in [9.17, 15) is 0 Å². The topological polar surface area (TPSA) is 35.6 Å². The number of fused-ring (bicyclic) bond motifs is 10. The van der Waals surface area contributed by atoms with Gasteiger partial charge in [-0.1, -0.05) is 133 Å². The molecule has 0 bridgehead atoms. The van der Waals surface area contributed by atoms with Crippen LogP contribution in [0.2, 0.25) is 0 Å². The van der Waals surface area contributed by atoms with Crippen molar-refractivity contribution < 1.29 is 0 Å². The molecule has 4 nitrogen and oxygen atoms in total. The zero-order valence-corrected chi connectivity index (χ0v) is 30.7. The third kappa shape index (κ3) is 4.66. The predicted molar refractivity (Wildman–Crippen MR) is 231 cm³/mol. The molecule has 0 saturated heterocycles. The fourth-order valence-electron chi connectivity index (χ4n) is 9.75. The molecular weight excluding hydrogens is 681 g/mol. The molecule has 0 spiro atoms. The van der Waals surface area contributed by atoms with Gasteiger partial charge in [-0.15, -0.1) is 0 Å². The van der Waals surface area contributed by atoms with Crippen molar-refractivity contribution in [2.75, 3.05) is 0 Å². The molecule has 2 atom stereocenters. The zero-order chi connectivity index (χ0) is 36.7. The van der Waals surface area contributed by atoms with Gasteiger partial charge in [-0.05, 0) is 88.9 Å². The molecule has 264 valence electrons. The van der Waals surface area contributed by atoms with E-state index in [0.717, 1.165) is 40.5 Å². The van der Waals surface area contributed by atoms with Gasteiger partial charge in [0.15, 0.2) is 0 Å². The van der Waals surface area contributed by atoms with Gasteiger partial charge < -0.3 is 4.57 Å². The number of aryl methyl sites for hydroxylation is 1. The molecule has 56 heavy (non-hydrogen) atoms. The van der Waals surface area contributed by atoms with Crippen molar-refractivity contribution in [2.24, 2.45) is 5.92 Å². The van der Waals surface area contributed by atoms with E-state index < -0.39 is 0 Å². The zero-order valence-electron chi connectivity index (χ0n) is 30.7. The molecule has 0 aliphatic heterocycles. The number of allylic oxidation sites excluding steroid dienone is 6. The number of hydrogen-bond acceptors (Lipinski definition) is 2. The van der Waals surface area contributed by atoms with Gasteiger partial charge in [0.05, 0.1) is 27.9 Å². The first-order chi connectivity index (χ1) is 27.8. The molecule has 0 fully saturated rings. The second-order valence-corrected chi connectivity index (χ2v) is 15.2. The van der Waals surface area contributed by atoms with Crippen molar-refractivity contribution in [3.63, 3.8) is 0 Å². The molecule has 2 unspecified atom stereocenters. The van der Waals surface area contributed by atoms with E-state index in [4.69, 9.17) is 9.97 Å². The summed E-state index contributed by atoms with van der Waals surface area (Å²) in [5.74, 6) is 1.14. The third-order valence-electron chi connectivity index (χ3n) is 12.2. The fraction of sp³-hybridized carbons (Fsp3) is 0.0769. The van der Waals surface area contributed by atoms with Crippen LogP contribution in [0.25, 0.3) is 78.5 Å². The smallest absolute Gasteiger partial charge is 0.235 e. The first-order valence-electron chi connectivity index (χ1n) is 19.6. The molecule has 9 aromatic rings. The number of rotatable bonds is 4. The van der Waals surface area contributed by atoms with E-state index in [0.29, 0.717) is 5.95 Å². The fourth-order valence-corrected chi connectivity index (χ4v) is 9.75. The Bertz CT molecular complexity index is 3210. The standard InChI is InChI=1S/C52H36N4/c1-2-16-37(17-3-1)55-47-24-12-10-20-40(47)45-32-44(38-18-6-7-21-42(38)51(45)55)35-28-29-41-39-19-9-13-25-48(39)56(49(41)31-35)52-53-46-23-11-8-22-43(46)50(54-52)36-27-26-33-14-4-5-15-34(33)30-36/h1-27,30-32,38,42H,28-29H2. The molecule has 12 rings (SSSR count). The largest absolute Gasteiger partial charge is 0.312 e. The quantitative estimate of drug-likeness (QED) is 0.182. The van der Waals surface area contributed by atoms with Gasteiger partial charge in [0.1, 0.15) is 0 Å². The van der Waals surface area contributed by atoms with Crippen LogP contribution >= 0.6 is 0 Å². The first kappa shape index (κ1) is 31.3. The van der Waals surface area contributed by atoms with Crippen LogP contribution in [0, 0.1) is 5.92 Å². The Morgan fingerprint density at radius 1 is 0.536 bits per heavy atom. The van der Waals surface area contributed by atoms with E-state index in [-0.39, 0.29) is 11.8 Å². The monoisotopic (exact) mass is 716 g/mol. The molecule has 6 aromatic carbocycles. The average Bonchev–Trinajstić information content (AvgIpc) is 3.78. The lowest BCUT2D eigenvalue weighted by molar-refractivity contribution is 0.629. The van der Waals surface area contributed by atoms with Crippen LogP contribution in [0.4, 0.5) is 0 Å². The Morgan fingerprint density at radius 2 is 1.23 bits per heavy atom. The summed E-state index contributed by atoms with van der Waals surface area (Å²) in [4.78, 5) is 10.8. The Labute approximate surface area is 324 Å². The van der Waals surface area contributed by atoms with E-state index in [1.165, 1.54) is 66.4 Å². The second-order valence-electron chi connectivity index (χ2n) is 15.2. The summed E-state index contributed by atoms with van der Waals surface area (Å²) in [6, 6.07) is 52.1. The highest BCUT2D eigenvalue weighted by Gasteiger charge is 2.36. The normalized spacial score (nSPS) is 17.2. The maximum atomic E-state index is 5.46. The van der Waals surface area contributed by atoms with Crippen LogP contribution in [0.5, 0.6) is 0 Å². The third-order valence-corrected chi connectivity index (χ3v) is 12.2. The minimum atomic E-state index is 0.212. The lowest BCUT2D eigenvalue weighted by Crippen LogP contribution is -2.22. The maximum absolute atomic E-state index is 5.46. The van der Waals surface area contributed by atoms with Crippen LogP contribution in [0.1, 0.15) is 34.9 Å². The number of benzene rings is 6. The summed E-state index contributed by atoms with van der Waals surface area (Å²) in [6.07, 6.45) is 16.2. The van der Waals surface area contributed by atoms with Crippen molar-refractivity contribution in [1.29, 1.82) is 0 Å². The highest BCUT2D eigenvalue weighted by atomic mass is 15.2. The molecular formula is C52H36N4. The molecule has 3 heterocycles. The van der Waals surface area contributed by atoms with E-state index in [2.05, 4.69) is 191 Å². The molecule has 0 N–H and O–H groups in total. The molecule has 4 heteroatoms. The van der Waals surface area contributed by atoms with Gasteiger partial charge in [-0.3, -0.25) is 4.57 Å². The van der Waals surface area contributed by atoms with Crippen molar-refractivity contribution in [3.05, 3.63) is 204 Å². The molecule has 0 radical (unpaired) electrons. The minimum Gasteiger partial charge on any atom is -0.312 e. The van der Waals surface area contributed by atoms with Crippen LogP contribution in [-0.2, 0) is 6.42 Å². The number of aromatic nitrogens is 4. The van der Waals surface area contributed by atoms with Gasteiger partial charge in [0, 0.05) is 50.5 Å². The Balaban J connectivity index is 1.08.